The smallest absolute Gasteiger partial charge is 0.328 e. The molecule has 3 nitrogen and oxygen atoms in total. The van der Waals surface area contributed by atoms with E-state index in [1.54, 1.807) is 19.9 Å². The number of hydrogen-bond donors (Lipinski definition) is 1. The zero-order valence-corrected chi connectivity index (χ0v) is 12.7. The fourth-order valence-electron chi connectivity index (χ4n) is 3.55. The number of nitrogens with zero attached hydrogens (tertiary/aromatic N) is 1. The molecule has 1 aromatic carbocycles. The van der Waals surface area contributed by atoms with Crippen LogP contribution in [-0.4, -0.2) is 22.2 Å². The van der Waals surface area contributed by atoms with Crippen LogP contribution in [0.15, 0.2) is 18.2 Å². The molecule has 110 valence electrons. The maximum Gasteiger partial charge on any atom is 0.328 e. The zero-order valence-electron chi connectivity index (χ0n) is 12.7. The van der Waals surface area contributed by atoms with Crippen LogP contribution in [-0.2, 0) is 4.79 Å². The molecular weight excluding hydrogens is 257 g/mol. The molecule has 0 fully saturated rings. The monoisotopic (exact) mass is 279 g/mol. The average Bonchev–Trinajstić information content (AvgIpc) is 2.28. The van der Waals surface area contributed by atoms with Crippen molar-refractivity contribution >= 4 is 11.7 Å². The molecule has 1 aromatic rings. The molecule has 4 heteroatoms. The van der Waals surface area contributed by atoms with E-state index in [9.17, 15) is 14.3 Å². The Morgan fingerprint density at radius 1 is 1.45 bits per heavy atom. The van der Waals surface area contributed by atoms with Gasteiger partial charge in [0.05, 0.1) is 0 Å². The number of hydrogen-bond acceptors (Lipinski definition) is 2. The van der Waals surface area contributed by atoms with Gasteiger partial charge in [-0.05, 0) is 63.8 Å². The van der Waals surface area contributed by atoms with E-state index in [1.807, 2.05) is 18.7 Å². The van der Waals surface area contributed by atoms with Crippen LogP contribution in [0.5, 0.6) is 0 Å². The Hall–Kier alpha value is -1.58. The summed E-state index contributed by atoms with van der Waals surface area (Å²) in [6.45, 7) is 9.53. The SMILES string of the molecule is CC1CC(C)(C)N(C(C)(C)C(=O)O)c2ccc(F)cc21. The van der Waals surface area contributed by atoms with E-state index < -0.39 is 11.5 Å². The topological polar surface area (TPSA) is 40.5 Å². The molecule has 0 spiro atoms. The van der Waals surface area contributed by atoms with E-state index in [0.717, 1.165) is 17.7 Å². The predicted molar refractivity (Wildman–Crippen MR) is 77.7 cm³/mol. The summed E-state index contributed by atoms with van der Waals surface area (Å²) in [5, 5.41) is 9.56. The predicted octanol–water partition coefficient (Wildman–Crippen LogP) is 3.78. The van der Waals surface area contributed by atoms with Crippen molar-refractivity contribution < 1.29 is 14.3 Å². The minimum atomic E-state index is -1.05. The van der Waals surface area contributed by atoms with Crippen LogP contribution in [0.3, 0.4) is 0 Å². The Morgan fingerprint density at radius 2 is 2.05 bits per heavy atom. The molecule has 0 radical (unpaired) electrons. The summed E-state index contributed by atoms with van der Waals surface area (Å²) in [6, 6.07) is 4.63. The molecule has 2 rings (SSSR count). The highest BCUT2D eigenvalue weighted by Gasteiger charge is 2.47. The number of carboxylic acid groups (broad SMARTS) is 1. The van der Waals surface area contributed by atoms with Crippen molar-refractivity contribution in [3.63, 3.8) is 0 Å². The van der Waals surface area contributed by atoms with Crippen molar-refractivity contribution in [2.45, 2.75) is 58.0 Å². The highest BCUT2D eigenvalue weighted by atomic mass is 19.1. The number of anilines is 1. The van der Waals surface area contributed by atoms with Gasteiger partial charge in [0.25, 0.3) is 0 Å². The standard InChI is InChI=1S/C16H22FNO2/c1-10-9-15(2,3)18(16(4,5)14(19)20)13-7-6-11(17)8-12(10)13/h6-8,10H,9H2,1-5H3,(H,19,20). The van der Waals surface area contributed by atoms with Gasteiger partial charge in [-0.15, -0.1) is 0 Å². The van der Waals surface area contributed by atoms with Crippen LogP contribution in [0.25, 0.3) is 0 Å². The van der Waals surface area contributed by atoms with Gasteiger partial charge in [-0.3, -0.25) is 0 Å². The summed E-state index contributed by atoms with van der Waals surface area (Å²) in [4.78, 5) is 13.6. The third-order valence-corrected chi connectivity index (χ3v) is 4.25. The molecule has 0 amide bonds. The van der Waals surface area contributed by atoms with Gasteiger partial charge in [0.2, 0.25) is 0 Å². The van der Waals surface area contributed by atoms with E-state index in [1.165, 1.54) is 12.1 Å². The van der Waals surface area contributed by atoms with E-state index in [2.05, 4.69) is 6.92 Å². The molecular formula is C16H22FNO2. The Balaban J connectivity index is 2.66. The first kappa shape index (κ1) is 14.8. The van der Waals surface area contributed by atoms with E-state index in [0.29, 0.717) is 0 Å². The Bertz CT molecular complexity index is 551. The second-order valence-electron chi connectivity index (χ2n) is 6.82. The highest BCUT2D eigenvalue weighted by molar-refractivity contribution is 5.84. The number of fused-ring (bicyclic) bond motifs is 1. The molecule has 1 atom stereocenters. The van der Waals surface area contributed by atoms with Crippen LogP contribution in [0.1, 0.15) is 52.5 Å². The molecule has 0 aliphatic carbocycles. The number of halogens is 1. The van der Waals surface area contributed by atoms with E-state index in [-0.39, 0.29) is 17.3 Å². The maximum absolute atomic E-state index is 13.5. The van der Waals surface area contributed by atoms with Crippen LogP contribution in [0.4, 0.5) is 10.1 Å². The van der Waals surface area contributed by atoms with Crippen LogP contribution in [0, 0.1) is 5.82 Å². The fourth-order valence-corrected chi connectivity index (χ4v) is 3.55. The summed E-state index contributed by atoms with van der Waals surface area (Å²) < 4.78 is 13.5. The Labute approximate surface area is 119 Å². The minimum Gasteiger partial charge on any atom is -0.480 e. The molecule has 20 heavy (non-hydrogen) atoms. The van der Waals surface area contributed by atoms with Gasteiger partial charge < -0.3 is 10.0 Å². The fraction of sp³-hybridized carbons (Fsp3) is 0.562. The minimum absolute atomic E-state index is 0.205. The highest BCUT2D eigenvalue weighted by Crippen LogP contribution is 2.46. The van der Waals surface area contributed by atoms with Crippen molar-refractivity contribution in [1.29, 1.82) is 0 Å². The quantitative estimate of drug-likeness (QED) is 0.895. The number of benzene rings is 1. The third kappa shape index (κ3) is 2.17. The lowest BCUT2D eigenvalue weighted by molar-refractivity contribution is -0.142. The molecule has 0 saturated carbocycles. The van der Waals surface area contributed by atoms with Gasteiger partial charge in [0.1, 0.15) is 11.4 Å². The number of rotatable bonds is 2. The molecule has 0 aromatic heterocycles. The van der Waals surface area contributed by atoms with E-state index >= 15 is 0 Å². The first-order valence-corrected chi connectivity index (χ1v) is 6.90. The van der Waals surface area contributed by atoms with Crippen molar-refractivity contribution in [2.75, 3.05) is 4.90 Å². The van der Waals surface area contributed by atoms with Gasteiger partial charge in [-0.1, -0.05) is 6.92 Å². The number of aliphatic carboxylic acids is 1. The Morgan fingerprint density at radius 3 is 2.60 bits per heavy atom. The second-order valence-corrected chi connectivity index (χ2v) is 6.82. The maximum atomic E-state index is 13.5. The average molecular weight is 279 g/mol. The molecule has 0 saturated heterocycles. The Kier molecular flexibility index (Phi) is 3.31. The summed E-state index contributed by atoms with van der Waals surface area (Å²) in [7, 11) is 0. The molecule has 1 unspecified atom stereocenters. The lowest BCUT2D eigenvalue weighted by Gasteiger charge is -2.53. The van der Waals surface area contributed by atoms with Gasteiger partial charge in [-0.2, -0.15) is 0 Å². The number of carbonyl (C=O) groups is 1. The van der Waals surface area contributed by atoms with Crippen molar-refractivity contribution in [2.24, 2.45) is 0 Å². The first-order chi connectivity index (χ1) is 9.07. The van der Waals surface area contributed by atoms with Gasteiger partial charge in [-0.25, -0.2) is 9.18 Å². The number of carboxylic acids is 1. The van der Waals surface area contributed by atoms with Gasteiger partial charge >= 0.3 is 5.97 Å². The molecule has 1 aliphatic rings. The summed E-state index contributed by atoms with van der Waals surface area (Å²) in [6.07, 6.45) is 0.792. The largest absolute Gasteiger partial charge is 0.480 e. The summed E-state index contributed by atoms with van der Waals surface area (Å²) >= 11 is 0. The molecule has 1 N–H and O–H groups in total. The van der Waals surface area contributed by atoms with Crippen LogP contribution in [0.2, 0.25) is 0 Å². The molecule has 0 bridgehead atoms. The van der Waals surface area contributed by atoms with Gasteiger partial charge in [0, 0.05) is 11.2 Å². The van der Waals surface area contributed by atoms with Crippen molar-refractivity contribution in [3.8, 4) is 0 Å². The lowest BCUT2D eigenvalue weighted by atomic mass is 9.77. The first-order valence-electron chi connectivity index (χ1n) is 6.90. The molecule has 1 heterocycles. The third-order valence-electron chi connectivity index (χ3n) is 4.25. The summed E-state index contributed by atoms with van der Waals surface area (Å²) in [5.41, 5.74) is 0.365. The van der Waals surface area contributed by atoms with Crippen LogP contribution >= 0.6 is 0 Å². The lowest BCUT2D eigenvalue weighted by Crippen LogP contribution is -2.61. The van der Waals surface area contributed by atoms with Crippen molar-refractivity contribution in [3.05, 3.63) is 29.6 Å². The second kappa shape index (κ2) is 4.47. The van der Waals surface area contributed by atoms with Gasteiger partial charge in [0.15, 0.2) is 0 Å². The normalized spacial score (nSPS) is 21.5. The molecule has 1 aliphatic heterocycles. The van der Waals surface area contributed by atoms with E-state index in [4.69, 9.17) is 0 Å². The summed E-state index contributed by atoms with van der Waals surface area (Å²) in [5.74, 6) is -0.949. The zero-order chi connectivity index (χ0) is 15.3. The van der Waals surface area contributed by atoms with Crippen molar-refractivity contribution in [1.82, 2.24) is 0 Å². The van der Waals surface area contributed by atoms with Crippen LogP contribution < -0.4 is 4.90 Å².